The number of carbonyl (C=O) groups excluding carboxylic acids is 1. The van der Waals surface area contributed by atoms with Crippen molar-refractivity contribution in [1.29, 1.82) is 5.26 Å². The summed E-state index contributed by atoms with van der Waals surface area (Å²) in [6.07, 6.45) is 8.10. The first-order valence-electron chi connectivity index (χ1n) is 12.8. The third-order valence-corrected chi connectivity index (χ3v) is 8.51. The van der Waals surface area contributed by atoms with E-state index in [1.165, 1.54) is 19.3 Å². The average Bonchev–Trinajstić information content (AvgIpc) is 3.15. The molecule has 0 bridgehead atoms. The highest BCUT2D eigenvalue weighted by molar-refractivity contribution is 5.98. The summed E-state index contributed by atoms with van der Waals surface area (Å²) in [6.45, 7) is 12.2. The molecule has 0 N–H and O–H groups in total. The van der Waals surface area contributed by atoms with Crippen molar-refractivity contribution in [3.05, 3.63) is 70.2 Å². The second-order valence-corrected chi connectivity index (χ2v) is 10.5. The summed E-state index contributed by atoms with van der Waals surface area (Å²) < 4.78 is 2.09. The monoisotopic (exact) mass is 466 g/mol. The minimum Gasteiger partial charge on any atom is -0.344 e. The summed E-state index contributed by atoms with van der Waals surface area (Å²) in [4.78, 5) is 20.2. The number of nitriles is 1. The molecule has 0 radical (unpaired) electrons. The van der Waals surface area contributed by atoms with Gasteiger partial charge < -0.3 is 9.47 Å². The molecule has 0 atom stereocenters. The highest BCUT2D eigenvalue weighted by atomic mass is 16.2. The Kier molecular flexibility index (Phi) is 6.01. The van der Waals surface area contributed by atoms with E-state index in [1.54, 1.807) is 6.20 Å². The van der Waals surface area contributed by atoms with Crippen LogP contribution < -0.4 is 0 Å². The van der Waals surface area contributed by atoms with Crippen molar-refractivity contribution in [3.63, 3.8) is 0 Å². The number of piperidine rings is 1. The third-order valence-electron chi connectivity index (χ3n) is 8.51. The molecule has 2 aromatic heterocycles. The van der Waals surface area contributed by atoms with E-state index in [9.17, 15) is 10.1 Å². The molecule has 2 aliphatic rings. The topological polar surface area (TPSA) is 61.9 Å². The van der Waals surface area contributed by atoms with Crippen molar-refractivity contribution in [2.75, 3.05) is 13.1 Å². The number of pyridine rings is 1. The normalized spacial score (nSPS) is 16.8. The fraction of sp³-hybridized carbons (Fsp3) is 0.433. The number of hydrogen-bond acceptors (Lipinski definition) is 3. The molecule has 5 heteroatoms. The lowest BCUT2D eigenvalue weighted by molar-refractivity contribution is 0.0608. The van der Waals surface area contributed by atoms with E-state index in [4.69, 9.17) is 0 Å². The van der Waals surface area contributed by atoms with Gasteiger partial charge in [0.05, 0.1) is 17.2 Å². The Hall–Kier alpha value is -3.39. The second kappa shape index (κ2) is 9.00. The predicted molar refractivity (Wildman–Crippen MR) is 140 cm³/mol. The van der Waals surface area contributed by atoms with E-state index in [0.29, 0.717) is 11.1 Å². The fourth-order valence-electron chi connectivity index (χ4n) is 6.14. The van der Waals surface area contributed by atoms with E-state index < -0.39 is 0 Å². The fourth-order valence-corrected chi connectivity index (χ4v) is 6.14. The summed E-state index contributed by atoms with van der Waals surface area (Å²) >= 11 is 0. The molecular weight excluding hydrogens is 432 g/mol. The highest BCUT2D eigenvalue weighted by Gasteiger charge is 2.32. The summed E-state index contributed by atoms with van der Waals surface area (Å²) in [5.74, 6) is 1.76. The molecule has 180 valence electrons. The molecule has 3 heterocycles. The van der Waals surface area contributed by atoms with Gasteiger partial charge >= 0.3 is 0 Å². The van der Waals surface area contributed by atoms with Crippen molar-refractivity contribution >= 4 is 22.4 Å². The van der Waals surface area contributed by atoms with Crippen molar-refractivity contribution in [2.45, 2.75) is 52.9 Å². The Morgan fingerprint density at radius 3 is 2.40 bits per heavy atom. The van der Waals surface area contributed by atoms with E-state index in [1.807, 2.05) is 44.9 Å². The number of carbonyl (C=O) groups is 1. The van der Waals surface area contributed by atoms with E-state index >= 15 is 0 Å². The first kappa shape index (κ1) is 23.4. The van der Waals surface area contributed by atoms with Crippen LogP contribution in [0.1, 0.15) is 76.1 Å². The number of amides is 1. The minimum absolute atomic E-state index is 0.0858. The van der Waals surface area contributed by atoms with Crippen LogP contribution in [0.2, 0.25) is 0 Å². The van der Waals surface area contributed by atoms with Gasteiger partial charge in [-0.05, 0) is 74.8 Å². The molecule has 1 saturated heterocycles. The quantitative estimate of drug-likeness (QED) is 0.468. The predicted octanol–water partition coefficient (Wildman–Crippen LogP) is 6.08. The number of aromatic nitrogens is 2. The van der Waals surface area contributed by atoms with Crippen molar-refractivity contribution in [1.82, 2.24) is 14.5 Å². The lowest BCUT2D eigenvalue weighted by Gasteiger charge is -2.40. The van der Waals surface area contributed by atoms with Crippen LogP contribution in [0.15, 0.2) is 31.0 Å². The average molecular weight is 467 g/mol. The van der Waals surface area contributed by atoms with Crippen LogP contribution in [0, 0.1) is 43.9 Å². The van der Waals surface area contributed by atoms with Crippen LogP contribution in [0.25, 0.3) is 16.5 Å². The number of rotatable bonds is 4. The Labute approximate surface area is 208 Å². The molecule has 0 spiro atoms. The Bertz CT molecular complexity index is 1380. The van der Waals surface area contributed by atoms with Crippen LogP contribution in [0.3, 0.4) is 0 Å². The van der Waals surface area contributed by atoms with Gasteiger partial charge in [-0.3, -0.25) is 9.78 Å². The molecule has 35 heavy (non-hydrogen) atoms. The molecule has 0 unspecified atom stereocenters. The first-order valence-corrected chi connectivity index (χ1v) is 12.8. The van der Waals surface area contributed by atoms with Gasteiger partial charge in [-0.2, -0.15) is 5.26 Å². The van der Waals surface area contributed by atoms with Crippen LogP contribution in [0.4, 0.5) is 0 Å². The van der Waals surface area contributed by atoms with Crippen molar-refractivity contribution in [3.8, 4) is 6.07 Å². The molecule has 1 aromatic carbocycles. The number of nitrogens with zero attached hydrogens (tertiary/aromatic N) is 4. The summed E-state index contributed by atoms with van der Waals surface area (Å²) in [6, 6.07) is 8.22. The zero-order valence-corrected chi connectivity index (χ0v) is 21.3. The van der Waals surface area contributed by atoms with Gasteiger partial charge in [0.1, 0.15) is 0 Å². The maximum absolute atomic E-state index is 13.5. The van der Waals surface area contributed by atoms with Gasteiger partial charge in [0.2, 0.25) is 0 Å². The summed E-state index contributed by atoms with van der Waals surface area (Å²) in [5.41, 5.74) is 7.95. The lowest BCUT2D eigenvalue weighted by Crippen LogP contribution is -2.41. The molecule has 1 amide bonds. The Balaban J connectivity index is 1.46. The molecule has 3 aromatic rings. The molecule has 2 fully saturated rings. The second-order valence-electron chi connectivity index (χ2n) is 10.5. The molecule has 1 aliphatic heterocycles. The molecule has 1 saturated carbocycles. The number of hydrogen-bond donors (Lipinski definition) is 0. The van der Waals surface area contributed by atoms with E-state index in [2.05, 4.69) is 28.3 Å². The van der Waals surface area contributed by atoms with Gasteiger partial charge in [-0.1, -0.05) is 25.8 Å². The lowest BCUT2D eigenvalue weighted by atomic mass is 9.72. The minimum atomic E-state index is 0.0858. The maximum Gasteiger partial charge on any atom is 0.255 e. The zero-order valence-electron chi connectivity index (χ0n) is 21.3. The smallest absolute Gasteiger partial charge is 0.255 e. The van der Waals surface area contributed by atoms with Crippen molar-refractivity contribution < 1.29 is 4.79 Å². The number of benzene rings is 1. The van der Waals surface area contributed by atoms with Gasteiger partial charge in [-0.15, -0.1) is 0 Å². The highest BCUT2D eigenvalue weighted by Crippen LogP contribution is 2.39. The zero-order chi connectivity index (χ0) is 24.9. The largest absolute Gasteiger partial charge is 0.344 e. The number of likely N-dealkylation sites (tertiary alicyclic amines) is 1. The van der Waals surface area contributed by atoms with Crippen LogP contribution in [0.5, 0.6) is 0 Å². The SMILES string of the molecule is C=C(c1c(C)ncc(C(=O)N2CCC(C3CCC3)CC2)c1C)c1cc2c(C)cc(C#N)cc2n1C. The third kappa shape index (κ3) is 3.95. The van der Waals surface area contributed by atoms with Crippen LogP contribution in [-0.2, 0) is 7.05 Å². The number of fused-ring (bicyclic) bond motifs is 1. The Morgan fingerprint density at radius 1 is 1.09 bits per heavy atom. The molecule has 1 aliphatic carbocycles. The van der Waals surface area contributed by atoms with E-state index in [0.717, 1.165) is 82.3 Å². The maximum atomic E-state index is 13.5. The van der Waals surface area contributed by atoms with Gasteiger partial charge in [-0.25, -0.2) is 0 Å². The van der Waals surface area contributed by atoms with Gasteiger partial charge in [0.25, 0.3) is 5.91 Å². The summed E-state index contributed by atoms with van der Waals surface area (Å²) in [5, 5.41) is 10.5. The molecule has 5 rings (SSSR count). The van der Waals surface area contributed by atoms with Crippen LogP contribution in [-0.4, -0.2) is 33.4 Å². The van der Waals surface area contributed by atoms with E-state index in [-0.39, 0.29) is 5.91 Å². The van der Waals surface area contributed by atoms with Gasteiger partial charge in [0, 0.05) is 59.8 Å². The number of aryl methyl sites for hydroxylation is 3. The molecular formula is C30H34N4O. The summed E-state index contributed by atoms with van der Waals surface area (Å²) in [7, 11) is 2.00. The first-order chi connectivity index (χ1) is 16.8. The van der Waals surface area contributed by atoms with Crippen LogP contribution >= 0.6 is 0 Å². The van der Waals surface area contributed by atoms with Crippen molar-refractivity contribution in [2.24, 2.45) is 18.9 Å². The van der Waals surface area contributed by atoms with Gasteiger partial charge in [0.15, 0.2) is 0 Å². The standard InChI is InChI=1S/C30H34N4O/c1-18-13-22(16-31)14-28-25(18)15-27(33(28)5)20(3)29-19(2)26(17-32-21(29)4)30(35)34-11-9-24(10-12-34)23-7-6-8-23/h13-15,17,23-24H,3,6-12H2,1-2,4-5H3. The molecule has 5 nitrogen and oxygen atoms in total. The Morgan fingerprint density at radius 2 is 1.77 bits per heavy atom.